The lowest BCUT2D eigenvalue weighted by molar-refractivity contribution is -0.118. The molecule has 2 rings (SSSR count). The van der Waals surface area contributed by atoms with E-state index in [1.807, 2.05) is 13.0 Å². The zero-order valence-corrected chi connectivity index (χ0v) is 16.8. The Hall–Kier alpha value is -3.15. The summed E-state index contributed by atoms with van der Waals surface area (Å²) in [5.41, 5.74) is 1.75. The van der Waals surface area contributed by atoms with Gasteiger partial charge in [-0.15, -0.1) is 0 Å². The van der Waals surface area contributed by atoms with Crippen LogP contribution in [0.4, 0.5) is 10.5 Å². The molecule has 0 aliphatic carbocycles. The number of alkyl carbamates (subject to hydrolysis) is 1. The third kappa shape index (κ3) is 5.94. The number of ketones is 1. The van der Waals surface area contributed by atoms with E-state index < -0.39 is 23.6 Å². The van der Waals surface area contributed by atoms with E-state index in [0.29, 0.717) is 16.8 Å². The van der Waals surface area contributed by atoms with Gasteiger partial charge >= 0.3 is 6.09 Å². The van der Waals surface area contributed by atoms with Crippen LogP contribution >= 0.6 is 0 Å². The zero-order valence-electron chi connectivity index (χ0n) is 16.8. The second-order valence-electron chi connectivity index (χ2n) is 7.57. The molecule has 0 saturated carbocycles. The first-order chi connectivity index (χ1) is 13.1. The number of ether oxygens (including phenoxy) is 1. The van der Waals surface area contributed by atoms with Gasteiger partial charge in [0, 0.05) is 11.3 Å². The van der Waals surface area contributed by atoms with Crippen molar-refractivity contribution < 1.29 is 19.1 Å². The van der Waals surface area contributed by atoms with Gasteiger partial charge in [-0.25, -0.2) is 4.79 Å². The van der Waals surface area contributed by atoms with Crippen molar-refractivity contribution in [1.82, 2.24) is 5.32 Å². The minimum absolute atomic E-state index is 0.0954. The molecule has 1 atom stereocenters. The van der Waals surface area contributed by atoms with E-state index in [-0.39, 0.29) is 5.78 Å². The van der Waals surface area contributed by atoms with Gasteiger partial charge in [0.25, 0.3) is 5.91 Å². The van der Waals surface area contributed by atoms with E-state index >= 15 is 0 Å². The largest absolute Gasteiger partial charge is 0.444 e. The van der Waals surface area contributed by atoms with Crippen LogP contribution in [0.5, 0.6) is 0 Å². The van der Waals surface area contributed by atoms with Gasteiger partial charge in [0.15, 0.2) is 5.78 Å². The SMILES string of the molecule is CC(=O)c1ccc(C)c(NC(=O)C(NC(=O)OC(C)(C)C)c2ccccc2)c1. The highest BCUT2D eigenvalue weighted by atomic mass is 16.6. The molecule has 0 aromatic heterocycles. The highest BCUT2D eigenvalue weighted by molar-refractivity contribution is 6.00. The standard InChI is InChI=1S/C22H26N2O4/c1-14-11-12-17(15(2)25)13-18(14)23-20(26)19(16-9-7-6-8-10-16)24-21(27)28-22(3,4)5/h6-13,19H,1-5H3,(H,23,26)(H,24,27). The molecule has 2 aromatic rings. The van der Waals surface area contributed by atoms with Crippen LogP contribution < -0.4 is 10.6 Å². The van der Waals surface area contributed by atoms with E-state index in [4.69, 9.17) is 4.74 Å². The Morgan fingerprint density at radius 3 is 2.21 bits per heavy atom. The van der Waals surface area contributed by atoms with Gasteiger partial charge in [-0.05, 0) is 51.8 Å². The maximum Gasteiger partial charge on any atom is 0.408 e. The molecule has 0 aliphatic rings. The minimum atomic E-state index is -0.948. The molecule has 0 spiro atoms. The third-order valence-electron chi connectivity index (χ3n) is 3.96. The number of Topliss-reactive ketones (excluding diaryl/α,β-unsaturated/α-hetero) is 1. The van der Waals surface area contributed by atoms with Crippen molar-refractivity contribution in [3.05, 3.63) is 65.2 Å². The number of anilines is 1. The average Bonchev–Trinajstić information content (AvgIpc) is 2.60. The van der Waals surface area contributed by atoms with Gasteiger partial charge < -0.3 is 15.4 Å². The van der Waals surface area contributed by atoms with Gasteiger partial charge in [0.1, 0.15) is 11.6 Å². The molecule has 0 aliphatic heterocycles. The van der Waals surface area contributed by atoms with E-state index in [1.54, 1.807) is 63.2 Å². The first-order valence-electron chi connectivity index (χ1n) is 9.04. The van der Waals surface area contributed by atoms with E-state index in [9.17, 15) is 14.4 Å². The van der Waals surface area contributed by atoms with Crippen LogP contribution in [0.3, 0.4) is 0 Å². The third-order valence-corrected chi connectivity index (χ3v) is 3.96. The van der Waals surface area contributed by atoms with Crippen LogP contribution in [0.1, 0.15) is 55.2 Å². The Morgan fingerprint density at radius 2 is 1.64 bits per heavy atom. The summed E-state index contributed by atoms with van der Waals surface area (Å²) in [5.74, 6) is -0.525. The molecule has 6 heteroatoms. The topological polar surface area (TPSA) is 84.5 Å². The Morgan fingerprint density at radius 1 is 1.00 bits per heavy atom. The molecule has 0 saturated heterocycles. The second-order valence-corrected chi connectivity index (χ2v) is 7.57. The van der Waals surface area contributed by atoms with Crippen LogP contribution in [-0.4, -0.2) is 23.4 Å². The highest BCUT2D eigenvalue weighted by Gasteiger charge is 2.26. The summed E-state index contributed by atoms with van der Waals surface area (Å²) in [7, 11) is 0. The Labute approximate surface area is 165 Å². The maximum atomic E-state index is 13.0. The summed E-state index contributed by atoms with van der Waals surface area (Å²) in [5, 5.41) is 5.44. The van der Waals surface area contributed by atoms with Crippen molar-refractivity contribution >= 4 is 23.5 Å². The average molecular weight is 382 g/mol. The van der Waals surface area contributed by atoms with Crippen LogP contribution in [0, 0.1) is 6.92 Å². The lowest BCUT2D eigenvalue weighted by Gasteiger charge is -2.24. The molecule has 28 heavy (non-hydrogen) atoms. The number of rotatable bonds is 5. The molecule has 0 heterocycles. The predicted molar refractivity (Wildman–Crippen MR) is 108 cm³/mol. The smallest absolute Gasteiger partial charge is 0.408 e. The number of amides is 2. The van der Waals surface area contributed by atoms with E-state index in [0.717, 1.165) is 5.56 Å². The van der Waals surface area contributed by atoms with Crippen LogP contribution in [0.2, 0.25) is 0 Å². The molecule has 0 radical (unpaired) electrons. The molecular formula is C22H26N2O4. The fourth-order valence-electron chi connectivity index (χ4n) is 2.55. The summed E-state index contributed by atoms with van der Waals surface area (Å²) in [6.45, 7) is 8.55. The molecule has 0 fully saturated rings. The Kier molecular flexibility index (Phi) is 6.57. The van der Waals surface area contributed by atoms with Crippen molar-refractivity contribution in [2.45, 2.75) is 46.3 Å². The fourth-order valence-corrected chi connectivity index (χ4v) is 2.55. The molecule has 6 nitrogen and oxygen atoms in total. The van der Waals surface area contributed by atoms with Gasteiger partial charge in [-0.1, -0.05) is 42.5 Å². The minimum Gasteiger partial charge on any atom is -0.444 e. The summed E-state index contributed by atoms with van der Waals surface area (Å²) in [6, 6.07) is 13.1. The summed E-state index contributed by atoms with van der Waals surface area (Å²) in [6.07, 6.45) is -0.689. The van der Waals surface area contributed by atoms with Gasteiger partial charge in [0.2, 0.25) is 0 Å². The monoisotopic (exact) mass is 382 g/mol. The quantitative estimate of drug-likeness (QED) is 0.751. The Balaban J connectivity index is 2.28. The van der Waals surface area contributed by atoms with Gasteiger partial charge in [0.05, 0.1) is 0 Å². The van der Waals surface area contributed by atoms with Crippen LogP contribution in [0.25, 0.3) is 0 Å². The molecule has 0 bridgehead atoms. The molecule has 2 amide bonds. The normalized spacial score (nSPS) is 12.0. The second kappa shape index (κ2) is 8.69. The lowest BCUT2D eigenvalue weighted by Crippen LogP contribution is -2.40. The zero-order chi connectivity index (χ0) is 20.9. The van der Waals surface area contributed by atoms with Gasteiger partial charge in [-0.3, -0.25) is 9.59 Å². The first-order valence-corrected chi connectivity index (χ1v) is 9.04. The number of nitrogens with one attached hydrogen (secondary N) is 2. The summed E-state index contributed by atoms with van der Waals surface area (Å²) >= 11 is 0. The van der Waals surface area contributed by atoms with Crippen LogP contribution in [0.15, 0.2) is 48.5 Å². The molecule has 2 N–H and O–H groups in total. The van der Waals surface area contributed by atoms with Crippen LogP contribution in [-0.2, 0) is 9.53 Å². The Bertz CT molecular complexity index is 870. The number of aryl methyl sites for hydroxylation is 1. The maximum absolute atomic E-state index is 13.0. The molecular weight excluding hydrogens is 356 g/mol. The van der Waals surface area contributed by atoms with Crippen molar-refractivity contribution in [3.8, 4) is 0 Å². The van der Waals surface area contributed by atoms with E-state index in [2.05, 4.69) is 10.6 Å². The number of carbonyl (C=O) groups excluding carboxylic acids is 3. The van der Waals surface area contributed by atoms with Gasteiger partial charge in [-0.2, -0.15) is 0 Å². The van der Waals surface area contributed by atoms with Crippen molar-refractivity contribution in [2.24, 2.45) is 0 Å². The number of carbonyl (C=O) groups is 3. The number of hydrogen-bond acceptors (Lipinski definition) is 4. The summed E-state index contributed by atoms with van der Waals surface area (Å²) in [4.78, 5) is 36.9. The summed E-state index contributed by atoms with van der Waals surface area (Å²) < 4.78 is 5.29. The first kappa shape index (κ1) is 21.2. The molecule has 2 aromatic carbocycles. The molecule has 148 valence electrons. The lowest BCUT2D eigenvalue weighted by atomic mass is 10.0. The molecule has 1 unspecified atom stereocenters. The highest BCUT2D eigenvalue weighted by Crippen LogP contribution is 2.21. The fraction of sp³-hybridized carbons (Fsp3) is 0.318. The predicted octanol–water partition coefficient (Wildman–Crippen LogP) is 4.40. The van der Waals surface area contributed by atoms with Crippen molar-refractivity contribution in [3.63, 3.8) is 0 Å². The van der Waals surface area contributed by atoms with E-state index in [1.165, 1.54) is 6.92 Å². The van der Waals surface area contributed by atoms with Crippen molar-refractivity contribution in [1.29, 1.82) is 0 Å². The number of benzene rings is 2. The van der Waals surface area contributed by atoms with Crippen molar-refractivity contribution in [2.75, 3.05) is 5.32 Å². The number of hydrogen-bond donors (Lipinski definition) is 2.